The Hall–Kier alpha value is -2.21. The van der Waals surface area contributed by atoms with Gasteiger partial charge in [-0.05, 0) is 42.5 Å². The van der Waals surface area contributed by atoms with E-state index in [1.165, 1.54) is 17.0 Å². The van der Waals surface area contributed by atoms with Gasteiger partial charge >= 0.3 is 0 Å². The number of rotatable bonds is 4. The van der Waals surface area contributed by atoms with Gasteiger partial charge in [0, 0.05) is 43.0 Å². The van der Waals surface area contributed by atoms with E-state index in [1.807, 2.05) is 22.4 Å². The van der Waals surface area contributed by atoms with Crippen LogP contribution in [0.25, 0.3) is 0 Å². The van der Waals surface area contributed by atoms with Crippen LogP contribution in [0.3, 0.4) is 0 Å². The van der Waals surface area contributed by atoms with Gasteiger partial charge in [-0.3, -0.25) is 9.59 Å². The molecule has 132 valence electrons. The van der Waals surface area contributed by atoms with Crippen LogP contribution in [0.15, 0.2) is 41.8 Å². The fourth-order valence-corrected chi connectivity index (χ4v) is 3.73. The normalized spacial score (nSPS) is 15.1. The number of aryl methyl sites for hydroxylation is 1. The molecule has 0 radical (unpaired) electrons. The smallest absolute Gasteiger partial charge is 0.254 e. The van der Waals surface area contributed by atoms with Gasteiger partial charge in [-0.15, -0.1) is 11.3 Å². The Balaban J connectivity index is 1.54. The van der Waals surface area contributed by atoms with Gasteiger partial charge in [0.05, 0.1) is 0 Å². The molecule has 0 unspecified atom stereocenters. The molecule has 4 nitrogen and oxygen atoms in total. The van der Waals surface area contributed by atoms with Crippen LogP contribution in [0.4, 0.5) is 4.39 Å². The molecule has 0 saturated carbocycles. The molecule has 0 aliphatic carbocycles. The highest BCUT2D eigenvalue weighted by molar-refractivity contribution is 7.09. The molecule has 1 aliphatic heterocycles. The molecule has 1 aromatic heterocycles. The third-order valence-corrected chi connectivity index (χ3v) is 5.31. The summed E-state index contributed by atoms with van der Waals surface area (Å²) in [5.74, 6) is -0.452. The van der Waals surface area contributed by atoms with E-state index < -0.39 is 5.82 Å². The van der Waals surface area contributed by atoms with Crippen LogP contribution >= 0.6 is 11.3 Å². The number of hydrogen-bond acceptors (Lipinski definition) is 3. The lowest BCUT2D eigenvalue weighted by Crippen LogP contribution is -2.37. The molecule has 0 bridgehead atoms. The second-order valence-corrected chi connectivity index (χ2v) is 7.15. The predicted molar refractivity (Wildman–Crippen MR) is 96.1 cm³/mol. The zero-order chi connectivity index (χ0) is 17.6. The maximum Gasteiger partial charge on any atom is 0.254 e. The van der Waals surface area contributed by atoms with Crippen molar-refractivity contribution in [1.29, 1.82) is 0 Å². The molecule has 2 aromatic rings. The van der Waals surface area contributed by atoms with Crippen molar-refractivity contribution < 1.29 is 14.0 Å². The van der Waals surface area contributed by atoms with E-state index >= 15 is 0 Å². The van der Waals surface area contributed by atoms with Gasteiger partial charge < -0.3 is 9.80 Å². The van der Waals surface area contributed by atoms with Crippen LogP contribution in [-0.4, -0.2) is 47.8 Å². The molecule has 1 saturated heterocycles. The Morgan fingerprint density at radius 1 is 1.04 bits per heavy atom. The second kappa shape index (κ2) is 8.25. The molecule has 0 N–H and O–H groups in total. The first-order valence-electron chi connectivity index (χ1n) is 8.48. The lowest BCUT2D eigenvalue weighted by molar-refractivity contribution is -0.131. The quantitative estimate of drug-likeness (QED) is 0.840. The van der Waals surface area contributed by atoms with Crippen LogP contribution in [-0.2, 0) is 11.2 Å². The number of carbonyl (C=O) groups is 2. The van der Waals surface area contributed by atoms with Crippen molar-refractivity contribution in [2.75, 3.05) is 26.2 Å². The van der Waals surface area contributed by atoms with Crippen molar-refractivity contribution in [2.24, 2.45) is 0 Å². The number of halogens is 1. The summed E-state index contributed by atoms with van der Waals surface area (Å²) < 4.78 is 13.3. The molecule has 25 heavy (non-hydrogen) atoms. The van der Waals surface area contributed by atoms with Crippen LogP contribution in [0.5, 0.6) is 0 Å². The van der Waals surface area contributed by atoms with Crippen LogP contribution < -0.4 is 0 Å². The van der Waals surface area contributed by atoms with Gasteiger partial charge in [-0.2, -0.15) is 0 Å². The highest BCUT2D eigenvalue weighted by atomic mass is 32.1. The number of nitrogens with zero attached hydrogens (tertiary/aromatic N) is 2. The maximum atomic E-state index is 13.3. The second-order valence-electron chi connectivity index (χ2n) is 6.12. The summed E-state index contributed by atoms with van der Waals surface area (Å²) in [6, 6.07) is 9.79. The minimum atomic E-state index is -0.411. The summed E-state index contributed by atoms with van der Waals surface area (Å²) in [6.07, 6.45) is 2.00. The largest absolute Gasteiger partial charge is 0.341 e. The molecule has 0 atom stereocenters. The fourth-order valence-electron chi connectivity index (χ4n) is 3.02. The topological polar surface area (TPSA) is 40.6 Å². The Kier molecular flexibility index (Phi) is 5.81. The molecule has 1 fully saturated rings. The molecular formula is C19H21FN2O2S. The van der Waals surface area contributed by atoms with Crippen molar-refractivity contribution in [3.05, 3.63) is 58.0 Å². The van der Waals surface area contributed by atoms with Gasteiger partial charge in [-0.25, -0.2) is 4.39 Å². The first-order valence-corrected chi connectivity index (χ1v) is 9.36. The van der Waals surface area contributed by atoms with Crippen LogP contribution in [0, 0.1) is 5.82 Å². The van der Waals surface area contributed by atoms with Crippen molar-refractivity contribution in [3.8, 4) is 0 Å². The fraction of sp³-hybridized carbons (Fsp3) is 0.368. The molecule has 1 aromatic carbocycles. The Labute approximate surface area is 150 Å². The van der Waals surface area contributed by atoms with Crippen LogP contribution in [0.2, 0.25) is 0 Å². The Morgan fingerprint density at radius 2 is 1.84 bits per heavy atom. The molecular weight excluding hydrogens is 339 g/mol. The molecule has 2 heterocycles. The number of amides is 2. The van der Waals surface area contributed by atoms with E-state index in [-0.39, 0.29) is 11.8 Å². The summed E-state index contributed by atoms with van der Waals surface area (Å²) in [5, 5.41) is 2.02. The van der Waals surface area contributed by atoms with E-state index in [0.717, 1.165) is 12.8 Å². The van der Waals surface area contributed by atoms with Crippen molar-refractivity contribution in [3.63, 3.8) is 0 Å². The van der Waals surface area contributed by atoms with Crippen molar-refractivity contribution in [2.45, 2.75) is 19.3 Å². The molecule has 6 heteroatoms. The lowest BCUT2D eigenvalue weighted by atomic mass is 10.2. The van der Waals surface area contributed by atoms with Gasteiger partial charge in [0.1, 0.15) is 5.82 Å². The first-order chi connectivity index (χ1) is 12.1. The Morgan fingerprint density at radius 3 is 2.60 bits per heavy atom. The highest BCUT2D eigenvalue weighted by Crippen LogP contribution is 2.14. The van der Waals surface area contributed by atoms with E-state index in [0.29, 0.717) is 38.2 Å². The zero-order valence-corrected chi connectivity index (χ0v) is 14.8. The molecule has 1 aliphatic rings. The minimum absolute atomic E-state index is 0.133. The average Bonchev–Trinajstić information content (AvgIpc) is 3.01. The third-order valence-electron chi connectivity index (χ3n) is 4.37. The number of benzene rings is 1. The summed E-state index contributed by atoms with van der Waals surface area (Å²) in [5.41, 5.74) is 0.359. The predicted octanol–water partition coefficient (Wildman–Crippen LogP) is 3.19. The zero-order valence-electron chi connectivity index (χ0n) is 14.0. The third kappa shape index (κ3) is 4.66. The molecule has 0 spiro atoms. The lowest BCUT2D eigenvalue weighted by Gasteiger charge is -2.22. The Bertz CT molecular complexity index is 733. The van der Waals surface area contributed by atoms with E-state index in [9.17, 15) is 14.0 Å². The highest BCUT2D eigenvalue weighted by Gasteiger charge is 2.22. The van der Waals surface area contributed by atoms with Gasteiger partial charge in [-0.1, -0.05) is 12.1 Å². The van der Waals surface area contributed by atoms with E-state index in [4.69, 9.17) is 0 Å². The maximum absolute atomic E-state index is 13.3. The SMILES string of the molecule is O=C(CCc1cccs1)N1CCCN(C(=O)c2cccc(F)c2)CC1. The first kappa shape index (κ1) is 17.6. The van der Waals surface area contributed by atoms with Crippen molar-refractivity contribution >= 4 is 23.2 Å². The summed E-state index contributed by atoms with van der Waals surface area (Å²) in [7, 11) is 0. The van der Waals surface area contributed by atoms with Gasteiger partial charge in [0.15, 0.2) is 0 Å². The van der Waals surface area contributed by atoms with E-state index in [1.54, 1.807) is 28.4 Å². The summed E-state index contributed by atoms with van der Waals surface area (Å²) in [4.78, 5) is 29.7. The van der Waals surface area contributed by atoms with Crippen LogP contribution in [0.1, 0.15) is 28.1 Å². The standard InChI is InChI=1S/C19H21FN2O2S/c20-16-5-1-4-15(14-16)19(24)22-10-3-9-21(11-12-22)18(23)8-7-17-6-2-13-25-17/h1-2,4-6,13-14H,3,7-12H2. The molecule has 3 rings (SSSR count). The molecule has 2 amide bonds. The number of carbonyl (C=O) groups excluding carboxylic acids is 2. The van der Waals surface area contributed by atoms with Gasteiger partial charge in [0.2, 0.25) is 5.91 Å². The minimum Gasteiger partial charge on any atom is -0.341 e. The van der Waals surface area contributed by atoms with Gasteiger partial charge in [0.25, 0.3) is 5.91 Å². The average molecular weight is 360 g/mol. The monoisotopic (exact) mass is 360 g/mol. The van der Waals surface area contributed by atoms with E-state index in [2.05, 4.69) is 0 Å². The summed E-state index contributed by atoms with van der Waals surface area (Å²) >= 11 is 1.66. The number of thiophene rings is 1. The number of hydrogen-bond donors (Lipinski definition) is 0. The summed E-state index contributed by atoms with van der Waals surface area (Å²) in [6.45, 7) is 2.27. The van der Waals surface area contributed by atoms with Crippen molar-refractivity contribution in [1.82, 2.24) is 9.80 Å².